The zero-order valence-corrected chi connectivity index (χ0v) is 9.19. The van der Waals surface area contributed by atoms with E-state index in [-0.39, 0.29) is 17.4 Å². The molecular weight excluding hydrogens is 216 g/mol. The van der Waals surface area contributed by atoms with Crippen molar-refractivity contribution in [3.63, 3.8) is 0 Å². The van der Waals surface area contributed by atoms with Crippen LogP contribution in [0.5, 0.6) is 0 Å². The van der Waals surface area contributed by atoms with Crippen LogP contribution in [0.1, 0.15) is 6.42 Å². The zero-order chi connectivity index (χ0) is 10.5. The van der Waals surface area contributed by atoms with E-state index in [4.69, 9.17) is 20.2 Å². The van der Waals surface area contributed by atoms with E-state index >= 15 is 0 Å². The van der Waals surface area contributed by atoms with Crippen LogP contribution in [0.4, 0.5) is 0 Å². The maximum Gasteiger partial charge on any atom is 0.256 e. The minimum absolute atomic E-state index is 0.0573. The number of ether oxygens (including phenoxy) is 2. The van der Waals surface area contributed by atoms with Gasteiger partial charge in [-0.25, -0.2) is 8.42 Å². The molecule has 0 saturated carbocycles. The molecule has 0 N–H and O–H groups in total. The van der Waals surface area contributed by atoms with Crippen LogP contribution < -0.4 is 0 Å². The van der Waals surface area contributed by atoms with Gasteiger partial charge in [-0.05, 0) is 0 Å². The monoisotopic (exact) mass is 228 g/mol. The predicted molar refractivity (Wildman–Crippen MR) is 51.2 cm³/mol. The van der Waals surface area contributed by atoms with Crippen LogP contribution in [0.25, 0.3) is 0 Å². The fraction of sp³-hybridized carbons (Fsp3) is 0.714. The van der Waals surface area contributed by atoms with E-state index in [9.17, 15) is 8.42 Å². The summed E-state index contributed by atoms with van der Waals surface area (Å²) in [5.74, 6) is 0. The van der Waals surface area contributed by atoms with Gasteiger partial charge < -0.3 is 9.47 Å². The minimum Gasteiger partial charge on any atom is -0.382 e. The molecule has 13 heavy (non-hydrogen) atoms. The summed E-state index contributed by atoms with van der Waals surface area (Å²) in [7, 11) is 4.35. The van der Waals surface area contributed by atoms with Crippen molar-refractivity contribution >= 4 is 19.7 Å². The van der Waals surface area contributed by atoms with Gasteiger partial charge >= 0.3 is 0 Å². The second-order valence-electron chi connectivity index (χ2n) is 2.49. The Bertz CT molecular complexity index is 260. The fourth-order valence-electron chi connectivity index (χ4n) is 0.750. The molecule has 0 aliphatic heterocycles. The summed E-state index contributed by atoms with van der Waals surface area (Å²) < 4.78 is 31.3. The van der Waals surface area contributed by atoms with Crippen LogP contribution in [0.15, 0.2) is 11.5 Å². The number of hydrogen-bond donors (Lipinski definition) is 0. The Kier molecular flexibility index (Phi) is 5.55. The molecule has 0 amide bonds. The summed E-state index contributed by atoms with van der Waals surface area (Å²) in [5.41, 5.74) is 0. The zero-order valence-electron chi connectivity index (χ0n) is 7.62. The van der Waals surface area contributed by atoms with Gasteiger partial charge in [0, 0.05) is 31.3 Å². The first kappa shape index (κ1) is 12.9. The first-order chi connectivity index (χ1) is 5.91. The number of rotatable bonds is 6. The van der Waals surface area contributed by atoms with Crippen molar-refractivity contribution in [2.24, 2.45) is 0 Å². The van der Waals surface area contributed by atoms with Gasteiger partial charge in [-0.2, -0.15) is 0 Å². The molecule has 0 spiro atoms. The molecule has 0 aliphatic carbocycles. The van der Waals surface area contributed by atoms with Crippen molar-refractivity contribution in [3.8, 4) is 0 Å². The van der Waals surface area contributed by atoms with Crippen molar-refractivity contribution in [3.05, 3.63) is 11.5 Å². The van der Waals surface area contributed by atoms with Gasteiger partial charge in [-0.3, -0.25) is 0 Å². The van der Waals surface area contributed by atoms with Crippen molar-refractivity contribution in [2.45, 2.75) is 12.5 Å². The van der Waals surface area contributed by atoms with Crippen LogP contribution in [0, 0.1) is 0 Å². The normalized spacial score (nSPS) is 14.1. The van der Waals surface area contributed by atoms with E-state index in [0.29, 0.717) is 6.61 Å². The number of methoxy groups -OCH3 is 2. The molecule has 0 saturated heterocycles. The molecule has 0 fully saturated rings. The van der Waals surface area contributed by atoms with Crippen molar-refractivity contribution < 1.29 is 17.9 Å². The predicted octanol–water partition coefficient (Wildman–Crippen LogP) is 1.12. The Morgan fingerprint density at radius 2 is 2.08 bits per heavy atom. The lowest BCUT2D eigenvalue weighted by Gasteiger charge is -2.13. The topological polar surface area (TPSA) is 52.6 Å². The lowest BCUT2D eigenvalue weighted by atomic mass is 10.2. The molecule has 0 radical (unpaired) electrons. The average molecular weight is 229 g/mol. The Morgan fingerprint density at radius 1 is 1.54 bits per heavy atom. The smallest absolute Gasteiger partial charge is 0.256 e. The molecule has 4 nitrogen and oxygen atoms in total. The summed E-state index contributed by atoms with van der Waals surface area (Å²) in [5, 5.41) is 0. The highest BCUT2D eigenvalue weighted by Gasteiger charge is 2.17. The van der Waals surface area contributed by atoms with Crippen LogP contribution in [-0.4, -0.2) is 35.3 Å². The van der Waals surface area contributed by atoms with Gasteiger partial charge in [-0.1, -0.05) is 6.58 Å². The van der Waals surface area contributed by atoms with Gasteiger partial charge in [0.25, 0.3) is 9.05 Å². The third-order valence-electron chi connectivity index (χ3n) is 1.49. The lowest BCUT2D eigenvalue weighted by Crippen LogP contribution is -2.19. The molecule has 0 aromatic rings. The molecule has 0 aromatic carbocycles. The standard InChI is InChI=1S/C7H13ClO4S/c1-6(13(8,9)10)4-7(12-3)5-11-2/h7H,1,4-5H2,2-3H3/t7-/m0/s1. The van der Waals surface area contributed by atoms with Crippen LogP contribution in [0.2, 0.25) is 0 Å². The Morgan fingerprint density at radius 3 is 2.38 bits per heavy atom. The van der Waals surface area contributed by atoms with E-state index in [0.717, 1.165) is 0 Å². The molecule has 0 aromatic heterocycles. The van der Waals surface area contributed by atoms with E-state index in [1.807, 2.05) is 0 Å². The van der Waals surface area contributed by atoms with E-state index in [2.05, 4.69) is 6.58 Å². The van der Waals surface area contributed by atoms with Crippen molar-refractivity contribution in [1.29, 1.82) is 0 Å². The first-order valence-electron chi connectivity index (χ1n) is 3.56. The second kappa shape index (κ2) is 5.59. The van der Waals surface area contributed by atoms with E-state index in [1.165, 1.54) is 14.2 Å². The highest BCUT2D eigenvalue weighted by atomic mass is 35.7. The average Bonchev–Trinajstić information content (AvgIpc) is 2.01. The molecule has 1 atom stereocenters. The van der Waals surface area contributed by atoms with Gasteiger partial charge in [0.05, 0.1) is 17.6 Å². The number of hydrogen-bond acceptors (Lipinski definition) is 4. The van der Waals surface area contributed by atoms with Crippen LogP contribution >= 0.6 is 10.7 Å². The van der Waals surface area contributed by atoms with Crippen molar-refractivity contribution in [1.82, 2.24) is 0 Å². The van der Waals surface area contributed by atoms with Crippen LogP contribution in [0.3, 0.4) is 0 Å². The maximum atomic E-state index is 10.8. The third kappa shape index (κ3) is 5.25. The van der Waals surface area contributed by atoms with Crippen molar-refractivity contribution in [2.75, 3.05) is 20.8 Å². The van der Waals surface area contributed by atoms with Gasteiger partial charge in [-0.15, -0.1) is 0 Å². The minimum atomic E-state index is -3.68. The number of halogens is 1. The molecule has 0 bridgehead atoms. The Labute approximate surface area is 82.9 Å². The maximum absolute atomic E-state index is 10.8. The summed E-state index contributed by atoms with van der Waals surface area (Å²) in [6.07, 6.45) is -0.179. The first-order valence-corrected chi connectivity index (χ1v) is 5.87. The Balaban J connectivity index is 4.18. The fourth-order valence-corrected chi connectivity index (χ4v) is 1.32. The summed E-state index contributed by atoms with van der Waals surface area (Å²) in [6, 6.07) is 0. The molecular formula is C7H13ClO4S. The highest BCUT2D eigenvalue weighted by molar-refractivity contribution is 8.16. The van der Waals surface area contributed by atoms with E-state index < -0.39 is 9.05 Å². The lowest BCUT2D eigenvalue weighted by molar-refractivity contribution is 0.0299. The van der Waals surface area contributed by atoms with E-state index in [1.54, 1.807) is 0 Å². The molecule has 0 aliphatic rings. The third-order valence-corrected chi connectivity index (χ3v) is 3.00. The Hall–Kier alpha value is -0.100. The SMILES string of the molecule is C=C(C[C@@H](COC)OC)S(=O)(=O)Cl. The summed E-state index contributed by atoms with van der Waals surface area (Å²) in [4.78, 5) is -0.0573. The van der Waals surface area contributed by atoms with Gasteiger partial charge in [0.2, 0.25) is 0 Å². The van der Waals surface area contributed by atoms with Gasteiger partial charge in [0.15, 0.2) is 0 Å². The molecule has 0 rings (SSSR count). The van der Waals surface area contributed by atoms with Crippen LogP contribution in [-0.2, 0) is 18.5 Å². The highest BCUT2D eigenvalue weighted by Crippen LogP contribution is 2.16. The second-order valence-corrected chi connectivity index (χ2v) is 5.17. The summed E-state index contributed by atoms with van der Waals surface area (Å²) >= 11 is 0. The molecule has 6 heteroatoms. The largest absolute Gasteiger partial charge is 0.382 e. The molecule has 78 valence electrons. The summed E-state index contributed by atoms with van der Waals surface area (Å²) in [6.45, 7) is 3.65. The molecule has 0 unspecified atom stereocenters. The molecule has 0 heterocycles. The quantitative estimate of drug-likeness (QED) is 0.640. The van der Waals surface area contributed by atoms with Gasteiger partial charge in [0.1, 0.15) is 0 Å².